The van der Waals surface area contributed by atoms with Gasteiger partial charge in [0.05, 0.1) is 22.5 Å². The zero-order valence-corrected chi connectivity index (χ0v) is 9.78. The molecule has 1 aromatic carbocycles. The predicted molar refractivity (Wildman–Crippen MR) is 65.3 cm³/mol. The molecule has 2 aromatic rings. The van der Waals surface area contributed by atoms with E-state index in [2.05, 4.69) is 10.3 Å². The Labute approximate surface area is 107 Å². The zero-order chi connectivity index (χ0) is 13.1. The maximum Gasteiger partial charge on any atom is 0.257 e. The maximum absolute atomic E-state index is 13.0. The molecule has 92 valence electrons. The average Bonchev–Trinajstić information content (AvgIpc) is 2.34. The van der Waals surface area contributed by atoms with Crippen LogP contribution in [-0.2, 0) is 0 Å². The van der Waals surface area contributed by atoms with E-state index in [-0.39, 0.29) is 22.0 Å². The molecule has 2 N–H and O–H groups in total. The second kappa shape index (κ2) is 5.01. The Morgan fingerprint density at radius 3 is 2.83 bits per heavy atom. The fourth-order valence-corrected chi connectivity index (χ4v) is 1.50. The van der Waals surface area contributed by atoms with Crippen LogP contribution >= 0.6 is 11.6 Å². The molecule has 0 unspecified atom stereocenters. The van der Waals surface area contributed by atoms with Gasteiger partial charge in [-0.05, 0) is 24.3 Å². The number of carbonyl (C=O) groups is 1. The Bertz CT molecular complexity index is 604. The van der Waals surface area contributed by atoms with E-state index in [4.69, 9.17) is 11.6 Å². The highest BCUT2D eigenvalue weighted by molar-refractivity contribution is 6.33. The summed E-state index contributed by atoms with van der Waals surface area (Å²) in [6.07, 6.45) is 2.48. The summed E-state index contributed by atoms with van der Waals surface area (Å²) < 4.78 is 13.0. The molecule has 2 rings (SSSR count). The summed E-state index contributed by atoms with van der Waals surface area (Å²) in [7, 11) is 0. The minimum atomic E-state index is -0.536. The topological polar surface area (TPSA) is 62.2 Å². The Morgan fingerprint density at radius 2 is 2.11 bits per heavy atom. The van der Waals surface area contributed by atoms with Gasteiger partial charge in [-0.3, -0.25) is 9.78 Å². The van der Waals surface area contributed by atoms with Crippen molar-refractivity contribution in [3.05, 3.63) is 53.1 Å². The van der Waals surface area contributed by atoms with E-state index in [0.29, 0.717) is 0 Å². The smallest absolute Gasteiger partial charge is 0.257 e. The van der Waals surface area contributed by atoms with Gasteiger partial charge in [-0.15, -0.1) is 0 Å². The van der Waals surface area contributed by atoms with Crippen LogP contribution in [0.1, 0.15) is 10.4 Å². The fraction of sp³-hybridized carbons (Fsp3) is 0. The van der Waals surface area contributed by atoms with Gasteiger partial charge in [-0.1, -0.05) is 11.6 Å². The number of halogens is 2. The number of hydrogen-bond acceptors (Lipinski definition) is 3. The van der Waals surface area contributed by atoms with E-state index in [1.165, 1.54) is 30.6 Å². The summed E-state index contributed by atoms with van der Waals surface area (Å²) in [4.78, 5) is 15.5. The van der Waals surface area contributed by atoms with Gasteiger partial charge in [0.15, 0.2) is 0 Å². The van der Waals surface area contributed by atoms with Gasteiger partial charge in [-0.2, -0.15) is 0 Å². The van der Waals surface area contributed by atoms with Crippen molar-refractivity contribution in [2.24, 2.45) is 0 Å². The molecule has 1 amide bonds. The molecule has 0 saturated carbocycles. The second-order valence-electron chi connectivity index (χ2n) is 3.51. The summed E-state index contributed by atoms with van der Waals surface area (Å²) in [6.45, 7) is 0. The van der Waals surface area contributed by atoms with Crippen LogP contribution < -0.4 is 5.32 Å². The monoisotopic (exact) mass is 266 g/mol. The summed E-state index contributed by atoms with van der Waals surface area (Å²) in [5.74, 6) is -1.18. The van der Waals surface area contributed by atoms with Crippen molar-refractivity contribution in [2.45, 2.75) is 0 Å². The van der Waals surface area contributed by atoms with Crippen molar-refractivity contribution in [1.29, 1.82) is 0 Å². The minimum Gasteiger partial charge on any atom is -0.506 e. The van der Waals surface area contributed by atoms with Crippen LogP contribution in [0.2, 0.25) is 5.02 Å². The van der Waals surface area contributed by atoms with Crippen LogP contribution in [0.3, 0.4) is 0 Å². The Balaban J connectivity index is 2.24. The number of nitrogens with one attached hydrogen (secondary N) is 1. The molecule has 0 radical (unpaired) electrons. The number of benzene rings is 1. The van der Waals surface area contributed by atoms with E-state index in [1.54, 1.807) is 0 Å². The van der Waals surface area contributed by atoms with Crippen molar-refractivity contribution in [1.82, 2.24) is 4.98 Å². The SMILES string of the molecule is O=C(Nc1cc(F)ccc1Cl)c1cncc(O)c1. The number of nitrogens with zero attached hydrogens (tertiary/aromatic N) is 1. The molecule has 1 aromatic heterocycles. The average molecular weight is 267 g/mol. The van der Waals surface area contributed by atoms with Crippen LogP contribution in [0, 0.1) is 5.82 Å². The van der Waals surface area contributed by atoms with Crippen LogP contribution in [0.15, 0.2) is 36.7 Å². The lowest BCUT2D eigenvalue weighted by Gasteiger charge is -2.07. The van der Waals surface area contributed by atoms with Crippen molar-refractivity contribution in [3.8, 4) is 5.75 Å². The highest BCUT2D eigenvalue weighted by atomic mass is 35.5. The van der Waals surface area contributed by atoms with Gasteiger partial charge in [0.25, 0.3) is 5.91 Å². The Morgan fingerprint density at radius 1 is 1.33 bits per heavy atom. The highest BCUT2D eigenvalue weighted by Crippen LogP contribution is 2.23. The lowest BCUT2D eigenvalue weighted by Crippen LogP contribution is -2.12. The quantitative estimate of drug-likeness (QED) is 0.879. The number of hydrogen-bond donors (Lipinski definition) is 2. The molecule has 0 aliphatic carbocycles. The zero-order valence-electron chi connectivity index (χ0n) is 9.02. The normalized spacial score (nSPS) is 10.1. The number of carbonyl (C=O) groups excluding carboxylic acids is 1. The molecule has 0 aliphatic heterocycles. The molecule has 1 heterocycles. The van der Waals surface area contributed by atoms with E-state index >= 15 is 0 Å². The summed E-state index contributed by atoms with van der Waals surface area (Å²) in [5.41, 5.74) is 0.306. The van der Waals surface area contributed by atoms with Crippen molar-refractivity contribution < 1.29 is 14.3 Å². The molecule has 0 spiro atoms. The molecular formula is C12H8ClFN2O2. The fourth-order valence-electron chi connectivity index (χ4n) is 1.34. The first-order valence-corrected chi connectivity index (χ1v) is 5.34. The number of aromatic nitrogens is 1. The molecule has 6 heteroatoms. The van der Waals surface area contributed by atoms with Crippen LogP contribution in [-0.4, -0.2) is 16.0 Å². The van der Waals surface area contributed by atoms with E-state index in [0.717, 1.165) is 6.07 Å². The molecule has 4 nitrogen and oxygen atoms in total. The largest absolute Gasteiger partial charge is 0.506 e. The third-order valence-electron chi connectivity index (χ3n) is 2.16. The molecule has 0 atom stereocenters. The van der Waals surface area contributed by atoms with Crippen LogP contribution in [0.5, 0.6) is 5.75 Å². The lowest BCUT2D eigenvalue weighted by molar-refractivity contribution is 0.102. The first-order chi connectivity index (χ1) is 8.56. The Hall–Kier alpha value is -2.14. The van der Waals surface area contributed by atoms with E-state index in [9.17, 15) is 14.3 Å². The number of rotatable bonds is 2. The Kier molecular flexibility index (Phi) is 3.43. The maximum atomic E-state index is 13.0. The van der Waals surface area contributed by atoms with Gasteiger partial charge in [-0.25, -0.2) is 4.39 Å². The first kappa shape index (κ1) is 12.3. The third-order valence-corrected chi connectivity index (χ3v) is 2.49. The van der Waals surface area contributed by atoms with Gasteiger partial charge in [0.1, 0.15) is 11.6 Å². The van der Waals surface area contributed by atoms with Crippen molar-refractivity contribution in [3.63, 3.8) is 0 Å². The molecule has 0 aliphatic rings. The summed E-state index contributed by atoms with van der Waals surface area (Å²) in [5, 5.41) is 11.9. The standard InChI is InChI=1S/C12H8ClFN2O2/c13-10-2-1-8(14)4-11(10)16-12(18)7-3-9(17)6-15-5-7/h1-6,17H,(H,16,18). The van der Waals surface area contributed by atoms with Crippen molar-refractivity contribution >= 4 is 23.2 Å². The number of aromatic hydroxyl groups is 1. The van der Waals surface area contributed by atoms with E-state index < -0.39 is 11.7 Å². The van der Waals surface area contributed by atoms with Crippen LogP contribution in [0.25, 0.3) is 0 Å². The second-order valence-corrected chi connectivity index (χ2v) is 3.92. The first-order valence-electron chi connectivity index (χ1n) is 4.96. The minimum absolute atomic E-state index is 0.131. The van der Waals surface area contributed by atoms with E-state index in [1.807, 2.05) is 0 Å². The summed E-state index contributed by atoms with van der Waals surface area (Å²) in [6, 6.07) is 4.88. The molecule has 0 fully saturated rings. The van der Waals surface area contributed by atoms with Crippen LogP contribution in [0.4, 0.5) is 10.1 Å². The molecule has 0 saturated heterocycles. The van der Waals surface area contributed by atoms with Gasteiger partial charge < -0.3 is 10.4 Å². The predicted octanol–water partition coefficient (Wildman–Crippen LogP) is 2.83. The lowest BCUT2D eigenvalue weighted by atomic mass is 10.2. The number of amides is 1. The third kappa shape index (κ3) is 2.75. The van der Waals surface area contributed by atoms with Gasteiger partial charge >= 0.3 is 0 Å². The number of pyridine rings is 1. The molecule has 0 bridgehead atoms. The number of anilines is 1. The van der Waals surface area contributed by atoms with Crippen molar-refractivity contribution in [2.75, 3.05) is 5.32 Å². The molecule has 18 heavy (non-hydrogen) atoms. The summed E-state index contributed by atoms with van der Waals surface area (Å²) >= 11 is 5.81. The van der Waals surface area contributed by atoms with Gasteiger partial charge in [0.2, 0.25) is 0 Å². The molecular weight excluding hydrogens is 259 g/mol. The van der Waals surface area contributed by atoms with Gasteiger partial charge in [0, 0.05) is 6.20 Å². The highest BCUT2D eigenvalue weighted by Gasteiger charge is 2.10.